The van der Waals surface area contributed by atoms with E-state index in [1.54, 1.807) is 0 Å². The molecule has 1 saturated heterocycles. The second-order valence-electron chi connectivity index (χ2n) is 5.19. The van der Waals surface area contributed by atoms with Crippen molar-refractivity contribution in [3.8, 4) is 0 Å². The van der Waals surface area contributed by atoms with Gasteiger partial charge in [0.2, 0.25) is 0 Å². The van der Waals surface area contributed by atoms with Crippen LogP contribution in [0.25, 0.3) is 0 Å². The minimum atomic E-state index is 0.324. The number of aromatic nitrogens is 3. The molecule has 1 fully saturated rings. The third kappa shape index (κ3) is 2.22. The quantitative estimate of drug-likeness (QED) is 0.890. The minimum absolute atomic E-state index is 0.324. The lowest BCUT2D eigenvalue weighted by Gasteiger charge is -2.18. The third-order valence-corrected chi connectivity index (χ3v) is 5.07. The zero-order chi connectivity index (χ0) is 11.8. The maximum absolute atomic E-state index is 4.34. The van der Waals surface area contributed by atoms with Crippen LogP contribution in [0.2, 0.25) is 0 Å². The number of hydrogen-bond donors (Lipinski definition) is 1. The highest BCUT2D eigenvalue weighted by molar-refractivity contribution is 8.00. The van der Waals surface area contributed by atoms with E-state index < -0.39 is 0 Å². The van der Waals surface area contributed by atoms with Crippen LogP contribution in [0.3, 0.4) is 0 Å². The maximum atomic E-state index is 4.34. The molecule has 5 heteroatoms. The molecule has 1 aromatic heterocycles. The second kappa shape index (κ2) is 4.61. The van der Waals surface area contributed by atoms with Crippen LogP contribution in [0.1, 0.15) is 44.4 Å². The predicted molar refractivity (Wildman–Crippen MR) is 70.2 cm³/mol. The van der Waals surface area contributed by atoms with Gasteiger partial charge >= 0.3 is 0 Å². The normalized spacial score (nSPS) is 29.5. The third-order valence-electron chi connectivity index (χ3n) is 3.71. The number of nitrogens with one attached hydrogen (secondary N) is 1. The second-order valence-corrected chi connectivity index (χ2v) is 6.67. The molecule has 0 aromatic carbocycles. The van der Waals surface area contributed by atoms with Gasteiger partial charge in [-0.2, -0.15) is 11.8 Å². The van der Waals surface area contributed by atoms with Gasteiger partial charge in [0.15, 0.2) is 0 Å². The molecule has 0 amide bonds. The van der Waals surface area contributed by atoms with E-state index in [1.807, 2.05) is 0 Å². The topological polar surface area (TPSA) is 42.7 Å². The summed E-state index contributed by atoms with van der Waals surface area (Å²) >= 11 is 2.06. The molecule has 0 spiro atoms. The van der Waals surface area contributed by atoms with Crippen molar-refractivity contribution in [2.45, 2.75) is 57.0 Å². The molecular weight excluding hydrogens is 232 g/mol. The number of thioether (sulfide) groups is 1. The van der Waals surface area contributed by atoms with Gasteiger partial charge in [0.1, 0.15) is 11.6 Å². The van der Waals surface area contributed by atoms with Gasteiger partial charge in [-0.3, -0.25) is 0 Å². The van der Waals surface area contributed by atoms with Crippen LogP contribution in [0.5, 0.6) is 0 Å². The average Bonchev–Trinajstić information content (AvgIpc) is 2.93. The lowest BCUT2D eigenvalue weighted by atomic mass is 10.1. The monoisotopic (exact) mass is 252 g/mol. The van der Waals surface area contributed by atoms with Crippen molar-refractivity contribution in [3.05, 3.63) is 11.6 Å². The zero-order valence-corrected chi connectivity index (χ0v) is 11.3. The molecule has 1 aromatic rings. The molecule has 3 heterocycles. The molecule has 3 atom stereocenters. The molecule has 0 aliphatic carbocycles. The molecule has 2 aliphatic rings. The molecule has 0 saturated carbocycles. The maximum Gasteiger partial charge on any atom is 0.149 e. The summed E-state index contributed by atoms with van der Waals surface area (Å²) in [6.45, 7) is 5.62. The Labute approximate surface area is 107 Å². The fourth-order valence-electron chi connectivity index (χ4n) is 2.85. The Hall–Kier alpha value is -0.550. The van der Waals surface area contributed by atoms with Crippen LogP contribution in [-0.2, 0) is 13.0 Å². The summed E-state index contributed by atoms with van der Waals surface area (Å²) < 4.78 is 2.29. The van der Waals surface area contributed by atoms with Gasteiger partial charge in [0.25, 0.3) is 0 Å². The largest absolute Gasteiger partial charge is 0.314 e. The number of fused-ring (bicyclic) bond motifs is 1. The van der Waals surface area contributed by atoms with Gasteiger partial charge in [-0.15, -0.1) is 10.2 Å². The van der Waals surface area contributed by atoms with Gasteiger partial charge in [-0.25, -0.2) is 0 Å². The molecule has 4 nitrogen and oxygen atoms in total. The van der Waals surface area contributed by atoms with Gasteiger partial charge in [0.05, 0.1) is 6.04 Å². The fourth-order valence-corrected chi connectivity index (χ4v) is 4.02. The van der Waals surface area contributed by atoms with Crippen LogP contribution in [-0.4, -0.2) is 31.8 Å². The summed E-state index contributed by atoms with van der Waals surface area (Å²) in [5, 5.41) is 13.1. The van der Waals surface area contributed by atoms with Crippen molar-refractivity contribution < 1.29 is 0 Å². The van der Waals surface area contributed by atoms with E-state index in [4.69, 9.17) is 0 Å². The molecule has 3 rings (SSSR count). The van der Waals surface area contributed by atoms with Crippen molar-refractivity contribution in [1.29, 1.82) is 0 Å². The van der Waals surface area contributed by atoms with Crippen LogP contribution in [0.4, 0.5) is 0 Å². The Morgan fingerprint density at radius 2 is 2.35 bits per heavy atom. The SMILES string of the molecule is CC1CC(NC(C)c2nnc3n2CCC3)CS1. The van der Waals surface area contributed by atoms with Gasteiger partial charge in [-0.1, -0.05) is 6.92 Å². The predicted octanol–water partition coefficient (Wildman–Crippen LogP) is 1.77. The number of nitrogens with zero attached hydrogens (tertiary/aromatic N) is 3. The Bertz CT molecular complexity index is 403. The fraction of sp³-hybridized carbons (Fsp3) is 0.833. The van der Waals surface area contributed by atoms with E-state index in [1.165, 1.54) is 24.4 Å². The number of rotatable bonds is 3. The molecule has 3 unspecified atom stereocenters. The van der Waals surface area contributed by atoms with E-state index in [-0.39, 0.29) is 0 Å². The Morgan fingerprint density at radius 3 is 3.12 bits per heavy atom. The molecule has 94 valence electrons. The van der Waals surface area contributed by atoms with Crippen molar-refractivity contribution in [2.75, 3.05) is 5.75 Å². The molecule has 1 N–H and O–H groups in total. The zero-order valence-electron chi connectivity index (χ0n) is 10.5. The summed E-state index contributed by atoms with van der Waals surface area (Å²) in [5.74, 6) is 3.52. The van der Waals surface area contributed by atoms with Crippen molar-refractivity contribution >= 4 is 11.8 Å². The van der Waals surface area contributed by atoms with Crippen molar-refractivity contribution in [3.63, 3.8) is 0 Å². The Morgan fingerprint density at radius 1 is 1.47 bits per heavy atom. The standard InChI is InChI=1S/C12H20N4S/c1-8-6-10(7-17-8)13-9(2)12-15-14-11-4-3-5-16(11)12/h8-10,13H,3-7H2,1-2H3. The Kier molecular flexibility index (Phi) is 3.13. The molecule has 17 heavy (non-hydrogen) atoms. The lowest BCUT2D eigenvalue weighted by Crippen LogP contribution is -2.33. The Balaban J connectivity index is 1.67. The van der Waals surface area contributed by atoms with Gasteiger partial charge < -0.3 is 9.88 Å². The summed E-state index contributed by atoms with van der Waals surface area (Å²) in [5.41, 5.74) is 0. The van der Waals surface area contributed by atoms with E-state index in [9.17, 15) is 0 Å². The van der Waals surface area contributed by atoms with Gasteiger partial charge in [-0.05, 0) is 19.8 Å². The highest BCUT2D eigenvalue weighted by Crippen LogP contribution is 2.28. The first kappa shape index (κ1) is 11.5. The first-order valence-corrected chi connectivity index (χ1v) is 7.58. The van der Waals surface area contributed by atoms with Crippen molar-refractivity contribution in [2.24, 2.45) is 0 Å². The van der Waals surface area contributed by atoms with E-state index in [0.29, 0.717) is 12.1 Å². The molecule has 0 radical (unpaired) electrons. The van der Waals surface area contributed by atoms with Crippen LogP contribution >= 0.6 is 11.8 Å². The van der Waals surface area contributed by atoms with Crippen molar-refractivity contribution in [1.82, 2.24) is 20.1 Å². The smallest absolute Gasteiger partial charge is 0.149 e. The lowest BCUT2D eigenvalue weighted by molar-refractivity contribution is 0.445. The first-order valence-electron chi connectivity index (χ1n) is 6.53. The van der Waals surface area contributed by atoms with E-state index in [2.05, 4.69) is 45.7 Å². The summed E-state index contributed by atoms with van der Waals surface area (Å²) in [6.07, 6.45) is 3.59. The van der Waals surface area contributed by atoms with Gasteiger partial charge in [0, 0.05) is 30.0 Å². The summed E-state index contributed by atoms with van der Waals surface area (Å²) in [6, 6.07) is 0.963. The highest BCUT2D eigenvalue weighted by Gasteiger charge is 2.26. The van der Waals surface area contributed by atoms with Crippen LogP contribution in [0.15, 0.2) is 0 Å². The summed E-state index contributed by atoms with van der Waals surface area (Å²) in [7, 11) is 0. The molecular formula is C12H20N4S. The summed E-state index contributed by atoms with van der Waals surface area (Å²) in [4.78, 5) is 0. The van der Waals surface area contributed by atoms with E-state index in [0.717, 1.165) is 24.0 Å². The van der Waals surface area contributed by atoms with Crippen LogP contribution < -0.4 is 5.32 Å². The first-order chi connectivity index (χ1) is 8.24. The molecule has 0 bridgehead atoms. The average molecular weight is 252 g/mol. The molecule has 2 aliphatic heterocycles. The highest BCUT2D eigenvalue weighted by atomic mass is 32.2. The van der Waals surface area contributed by atoms with Crippen LogP contribution in [0, 0.1) is 0 Å². The number of aryl methyl sites for hydroxylation is 1. The number of hydrogen-bond acceptors (Lipinski definition) is 4. The van der Waals surface area contributed by atoms with E-state index >= 15 is 0 Å². The minimum Gasteiger partial charge on any atom is -0.314 e.